The molecular weight excluding hydrogens is 429 g/mol. The molecule has 1 N–H and O–H groups in total. The van der Waals surface area contributed by atoms with Gasteiger partial charge in [-0.2, -0.15) is 18.0 Å². The van der Waals surface area contributed by atoms with Gasteiger partial charge >= 0.3 is 12.1 Å². The van der Waals surface area contributed by atoms with Gasteiger partial charge in [-0.15, -0.1) is 10.2 Å². The van der Waals surface area contributed by atoms with Crippen LogP contribution >= 0.6 is 0 Å². The Labute approximate surface area is 182 Å². The van der Waals surface area contributed by atoms with Crippen molar-refractivity contribution >= 4 is 18.0 Å². The van der Waals surface area contributed by atoms with Gasteiger partial charge in [0.1, 0.15) is 0 Å². The van der Waals surface area contributed by atoms with E-state index in [1.807, 2.05) is 6.92 Å². The van der Waals surface area contributed by atoms with E-state index in [4.69, 9.17) is 5.11 Å². The maximum absolute atomic E-state index is 13.2. The first-order valence-corrected chi connectivity index (χ1v) is 9.90. The molecule has 2 aromatic rings. The van der Waals surface area contributed by atoms with Crippen LogP contribution < -0.4 is 0 Å². The Kier molecular flexibility index (Phi) is 6.92. The standard InChI is InChI=1S/C20H23F3N6O3/c1-13-10-27(12-19(31)32)7-8-28(13)18(30)6-4-15-3-5-17(20(21,22)23)9-16(15)11-29-25-14(2)24-26-29/h3-6,9,13H,7-8,10-12H2,1-2H3,(H,31,32). The lowest BCUT2D eigenvalue weighted by Gasteiger charge is -2.38. The molecule has 0 radical (unpaired) electrons. The molecule has 0 spiro atoms. The quantitative estimate of drug-likeness (QED) is 0.665. The maximum Gasteiger partial charge on any atom is 0.416 e. The van der Waals surface area contributed by atoms with Crippen molar-refractivity contribution in [2.75, 3.05) is 26.2 Å². The van der Waals surface area contributed by atoms with Crippen molar-refractivity contribution < 1.29 is 27.9 Å². The third kappa shape index (κ3) is 5.90. The number of benzene rings is 1. The fourth-order valence-corrected chi connectivity index (χ4v) is 3.58. The zero-order chi connectivity index (χ0) is 23.5. The molecule has 1 unspecified atom stereocenters. The predicted molar refractivity (Wildman–Crippen MR) is 107 cm³/mol. The van der Waals surface area contributed by atoms with E-state index in [9.17, 15) is 22.8 Å². The highest BCUT2D eigenvalue weighted by Gasteiger charge is 2.31. The van der Waals surface area contributed by atoms with Crippen LogP contribution in [-0.2, 0) is 22.3 Å². The molecule has 1 saturated heterocycles. The number of hydrogen-bond acceptors (Lipinski definition) is 6. The number of alkyl halides is 3. The fourth-order valence-electron chi connectivity index (χ4n) is 3.58. The Morgan fingerprint density at radius 2 is 2.03 bits per heavy atom. The number of aromatic nitrogens is 4. The SMILES string of the molecule is Cc1nnn(Cc2cc(C(F)(F)F)ccc2C=CC(=O)N2CCN(CC(=O)O)CC2C)n1. The molecule has 3 rings (SSSR count). The summed E-state index contributed by atoms with van der Waals surface area (Å²) in [4.78, 5) is 28.1. The average Bonchev–Trinajstić information content (AvgIpc) is 3.10. The number of rotatable bonds is 6. The monoisotopic (exact) mass is 452 g/mol. The van der Waals surface area contributed by atoms with Crippen molar-refractivity contribution in [2.24, 2.45) is 0 Å². The van der Waals surface area contributed by atoms with Gasteiger partial charge in [-0.25, -0.2) is 0 Å². The summed E-state index contributed by atoms with van der Waals surface area (Å²) < 4.78 is 39.5. The van der Waals surface area contributed by atoms with Crippen molar-refractivity contribution in [3.05, 3.63) is 46.8 Å². The number of carboxylic acids is 1. The Hall–Kier alpha value is -3.28. The van der Waals surface area contributed by atoms with E-state index in [1.165, 1.54) is 23.0 Å². The number of aliphatic carboxylic acids is 1. The molecule has 1 aromatic carbocycles. The lowest BCUT2D eigenvalue weighted by Crippen LogP contribution is -2.54. The zero-order valence-electron chi connectivity index (χ0n) is 17.6. The molecule has 0 saturated carbocycles. The van der Waals surface area contributed by atoms with E-state index in [-0.39, 0.29) is 25.0 Å². The largest absolute Gasteiger partial charge is 0.480 e. The summed E-state index contributed by atoms with van der Waals surface area (Å²) in [5.41, 5.74) is -0.0879. The molecule has 9 nitrogen and oxygen atoms in total. The molecule has 12 heteroatoms. The molecule has 0 aliphatic carbocycles. The second kappa shape index (κ2) is 9.47. The van der Waals surface area contributed by atoms with Crippen molar-refractivity contribution in [1.29, 1.82) is 0 Å². The van der Waals surface area contributed by atoms with Gasteiger partial charge in [-0.3, -0.25) is 14.5 Å². The molecular formula is C20H23F3N6O3. The summed E-state index contributed by atoms with van der Waals surface area (Å²) >= 11 is 0. The molecule has 0 bridgehead atoms. The lowest BCUT2D eigenvalue weighted by atomic mass is 10.0. The molecule has 1 aliphatic rings. The van der Waals surface area contributed by atoms with Gasteiger partial charge in [0.2, 0.25) is 5.91 Å². The number of carbonyl (C=O) groups is 2. The molecule has 32 heavy (non-hydrogen) atoms. The van der Waals surface area contributed by atoms with Crippen molar-refractivity contribution in [3.8, 4) is 0 Å². The maximum atomic E-state index is 13.2. The first-order valence-electron chi connectivity index (χ1n) is 9.90. The van der Waals surface area contributed by atoms with Crippen LogP contribution in [0, 0.1) is 6.92 Å². The third-order valence-corrected chi connectivity index (χ3v) is 5.09. The van der Waals surface area contributed by atoms with Crippen LogP contribution in [0.2, 0.25) is 0 Å². The summed E-state index contributed by atoms with van der Waals surface area (Å²) in [7, 11) is 0. The van der Waals surface area contributed by atoms with Crippen molar-refractivity contribution in [2.45, 2.75) is 32.6 Å². The van der Waals surface area contributed by atoms with Crippen LogP contribution in [0.1, 0.15) is 29.4 Å². The van der Waals surface area contributed by atoms with Crippen LogP contribution in [0.5, 0.6) is 0 Å². The van der Waals surface area contributed by atoms with Gasteiger partial charge in [0.15, 0.2) is 5.82 Å². The van der Waals surface area contributed by atoms with Crippen molar-refractivity contribution in [1.82, 2.24) is 30.0 Å². The first kappa shape index (κ1) is 23.4. The Morgan fingerprint density at radius 1 is 1.28 bits per heavy atom. The second-order valence-electron chi connectivity index (χ2n) is 7.62. The Balaban J connectivity index is 1.78. The number of carboxylic acid groups (broad SMARTS) is 1. The van der Waals surface area contributed by atoms with Crippen LogP contribution in [0.4, 0.5) is 13.2 Å². The highest BCUT2D eigenvalue weighted by molar-refractivity contribution is 5.92. The molecule has 1 amide bonds. The van der Waals surface area contributed by atoms with Gasteiger partial charge in [-0.05, 0) is 48.4 Å². The van der Waals surface area contributed by atoms with E-state index in [0.717, 1.165) is 12.1 Å². The van der Waals surface area contributed by atoms with E-state index in [0.29, 0.717) is 36.6 Å². The number of tetrazole rings is 1. The van der Waals surface area contributed by atoms with Crippen LogP contribution in [0.25, 0.3) is 6.08 Å². The Morgan fingerprint density at radius 3 is 2.62 bits per heavy atom. The van der Waals surface area contributed by atoms with E-state index in [1.54, 1.807) is 16.7 Å². The number of nitrogens with zero attached hydrogens (tertiary/aromatic N) is 6. The predicted octanol–water partition coefficient (Wildman–Crippen LogP) is 1.68. The van der Waals surface area contributed by atoms with Gasteiger partial charge in [0.25, 0.3) is 0 Å². The number of aryl methyl sites for hydroxylation is 1. The number of carbonyl (C=O) groups excluding carboxylic acids is 1. The van der Waals surface area contributed by atoms with Gasteiger partial charge in [-0.1, -0.05) is 6.07 Å². The number of hydrogen-bond donors (Lipinski definition) is 1. The van der Waals surface area contributed by atoms with Crippen LogP contribution in [-0.4, -0.2) is 79.2 Å². The van der Waals surface area contributed by atoms with E-state index in [2.05, 4.69) is 15.4 Å². The normalized spacial score (nSPS) is 17.8. The van der Waals surface area contributed by atoms with Gasteiger partial charge in [0, 0.05) is 31.8 Å². The molecule has 1 aromatic heterocycles. The average molecular weight is 452 g/mol. The van der Waals surface area contributed by atoms with E-state index >= 15 is 0 Å². The number of amides is 1. The molecule has 1 fully saturated rings. The van der Waals surface area contributed by atoms with E-state index < -0.39 is 17.7 Å². The van der Waals surface area contributed by atoms with Crippen LogP contribution in [0.3, 0.4) is 0 Å². The number of halogens is 3. The smallest absolute Gasteiger partial charge is 0.416 e. The van der Waals surface area contributed by atoms with Crippen LogP contribution in [0.15, 0.2) is 24.3 Å². The summed E-state index contributed by atoms with van der Waals surface area (Å²) in [6.07, 6.45) is -1.73. The molecule has 172 valence electrons. The fraction of sp³-hybridized carbons (Fsp3) is 0.450. The molecule has 2 heterocycles. The minimum Gasteiger partial charge on any atom is -0.480 e. The minimum atomic E-state index is -4.51. The van der Waals surface area contributed by atoms with Gasteiger partial charge < -0.3 is 10.0 Å². The first-order chi connectivity index (χ1) is 15.0. The molecule has 1 aliphatic heterocycles. The summed E-state index contributed by atoms with van der Waals surface area (Å²) in [5, 5.41) is 20.5. The lowest BCUT2D eigenvalue weighted by molar-refractivity contribution is -0.140. The highest BCUT2D eigenvalue weighted by Crippen LogP contribution is 2.31. The zero-order valence-corrected chi connectivity index (χ0v) is 17.6. The molecule has 1 atom stereocenters. The second-order valence-corrected chi connectivity index (χ2v) is 7.62. The summed E-state index contributed by atoms with van der Waals surface area (Å²) in [6, 6.07) is 3.08. The topological polar surface area (TPSA) is 104 Å². The summed E-state index contributed by atoms with van der Waals surface area (Å²) in [6.45, 7) is 4.53. The van der Waals surface area contributed by atoms with Crippen molar-refractivity contribution in [3.63, 3.8) is 0 Å². The highest BCUT2D eigenvalue weighted by atomic mass is 19.4. The van der Waals surface area contributed by atoms with Gasteiger partial charge in [0.05, 0.1) is 18.7 Å². The summed E-state index contributed by atoms with van der Waals surface area (Å²) in [5.74, 6) is -0.836. The number of piperazine rings is 1. The minimum absolute atomic E-state index is 0.0388. The third-order valence-electron chi connectivity index (χ3n) is 5.09. The Bertz CT molecular complexity index is 1020.